The molecule has 1 saturated heterocycles. The molecule has 0 saturated carbocycles. The Bertz CT molecular complexity index is 820. The van der Waals surface area contributed by atoms with E-state index in [1.54, 1.807) is 20.8 Å². The average Bonchev–Trinajstić information content (AvgIpc) is 2.71. The molecule has 2 unspecified atom stereocenters. The van der Waals surface area contributed by atoms with Crippen molar-refractivity contribution >= 4 is 6.16 Å². The van der Waals surface area contributed by atoms with Crippen LogP contribution < -0.4 is 0 Å². The number of hydroxylamine groups is 2. The second kappa shape index (κ2) is 10.7. The zero-order valence-corrected chi connectivity index (χ0v) is 18.5. The molecule has 1 aromatic heterocycles. The number of hydrogen-bond acceptors (Lipinski definition) is 7. The summed E-state index contributed by atoms with van der Waals surface area (Å²) in [6.45, 7) is 7.29. The highest BCUT2D eigenvalue weighted by Crippen LogP contribution is 2.28. The molecule has 0 bridgehead atoms. The lowest BCUT2D eigenvalue weighted by molar-refractivity contribution is -0.170. The number of ether oxygens (including phenoxy) is 2. The normalized spacial score (nSPS) is 19.7. The van der Waals surface area contributed by atoms with Crippen molar-refractivity contribution in [3.63, 3.8) is 0 Å². The minimum Gasteiger partial charge on any atom is -0.427 e. The van der Waals surface area contributed by atoms with Crippen LogP contribution in [0.15, 0.2) is 48.7 Å². The fourth-order valence-electron chi connectivity index (χ4n) is 3.49. The first-order valence-electron chi connectivity index (χ1n) is 10.7. The van der Waals surface area contributed by atoms with Gasteiger partial charge in [-0.1, -0.05) is 36.4 Å². The molecule has 2 atom stereocenters. The first kappa shape index (κ1) is 23.2. The van der Waals surface area contributed by atoms with E-state index in [0.29, 0.717) is 26.2 Å². The number of aromatic nitrogens is 1. The van der Waals surface area contributed by atoms with Gasteiger partial charge in [0.1, 0.15) is 5.60 Å². The maximum atomic E-state index is 11.8. The number of carbonyl (C=O) groups is 1. The summed E-state index contributed by atoms with van der Waals surface area (Å²) in [6.07, 6.45) is 1.81. The molecule has 7 heteroatoms. The zero-order chi connectivity index (χ0) is 22.3. The Labute approximate surface area is 183 Å². The fourth-order valence-corrected chi connectivity index (χ4v) is 3.49. The van der Waals surface area contributed by atoms with Crippen LogP contribution in [-0.4, -0.2) is 52.7 Å². The van der Waals surface area contributed by atoms with Gasteiger partial charge in [-0.3, -0.25) is 4.98 Å². The Hall–Kier alpha value is -2.48. The maximum Gasteiger partial charge on any atom is 0.528 e. The van der Waals surface area contributed by atoms with Gasteiger partial charge in [0.15, 0.2) is 0 Å². The molecule has 2 aromatic rings. The number of carbonyl (C=O) groups excluding carboxylic acids is 1. The van der Waals surface area contributed by atoms with Crippen LogP contribution in [0.3, 0.4) is 0 Å². The van der Waals surface area contributed by atoms with Crippen molar-refractivity contribution < 1.29 is 24.2 Å². The van der Waals surface area contributed by atoms with Gasteiger partial charge in [0.2, 0.25) is 0 Å². The number of hydrogen-bond donors (Lipinski definition) is 1. The third-order valence-electron chi connectivity index (χ3n) is 5.03. The number of aliphatic hydroxyl groups is 1. The molecule has 1 N–H and O–H groups in total. The molecule has 1 fully saturated rings. The topological polar surface area (TPSA) is 81.1 Å². The highest BCUT2D eigenvalue weighted by Gasteiger charge is 2.32. The molecule has 168 valence electrons. The van der Waals surface area contributed by atoms with Crippen LogP contribution >= 0.6 is 0 Å². The molecule has 0 amide bonds. The van der Waals surface area contributed by atoms with Crippen molar-refractivity contribution in [2.75, 3.05) is 19.7 Å². The molecule has 0 aliphatic carbocycles. The van der Waals surface area contributed by atoms with Crippen LogP contribution in [0.5, 0.6) is 0 Å². The quantitative estimate of drug-likeness (QED) is 0.530. The summed E-state index contributed by atoms with van der Waals surface area (Å²) < 4.78 is 10.9. The Morgan fingerprint density at radius 1 is 1.19 bits per heavy atom. The van der Waals surface area contributed by atoms with Crippen molar-refractivity contribution in [2.24, 2.45) is 0 Å². The van der Waals surface area contributed by atoms with E-state index < -0.39 is 17.9 Å². The van der Waals surface area contributed by atoms with Crippen molar-refractivity contribution in [3.05, 3.63) is 65.5 Å². The zero-order valence-electron chi connectivity index (χ0n) is 18.5. The Balaban J connectivity index is 1.43. The van der Waals surface area contributed by atoms with Crippen molar-refractivity contribution in [2.45, 2.75) is 57.8 Å². The van der Waals surface area contributed by atoms with E-state index >= 15 is 0 Å². The number of pyridine rings is 1. The second-order valence-electron chi connectivity index (χ2n) is 8.78. The standard InChI is InChI=1S/C24H32N2O5/c1-24(2,3)30-23(28)31-26-13-11-21(22(27)16-26)19-9-10-20(25-15-19)12-14-29-17-18-7-5-4-6-8-18/h4-10,15,21-22,27H,11-14,16-17H2,1-3H3. The lowest BCUT2D eigenvalue weighted by atomic mass is 9.88. The van der Waals surface area contributed by atoms with Gasteiger partial charge in [-0.15, -0.1) is 5.06 Å². The summed E-state index contributed by atoms with van der Waals surface area (Å²) in [5.74, 6) is -0.0469. The lowest BCUT2D eigenvalue weighted by Crippen LogP contribution is -2.44. The van der Waals surface area contributed by atoms with Gasteiger partial charge < -0.3 is 19.4 Å². The molecule has 1 aliphatic rings. The summed E-state index contributed by atoms with van der Waals surface area (Å²) >= 11 is 0. The van der Waals surface area contributed by atoms with Crippen LogP contribution in [0.1, 0.15) is 49.9 Å². The monoisotopic (exact) mass is 428 g/mol. The first-order valence-corrected chi connectivity index (χ1v) is 10.7. The van der Waals surface area contributed by atoms with Crippen LogP contribution in [-0.2, 0) is 27.3 Å². The third-order valence-corrected chi connectivity index (χ3v) is 5.03. The summed E-state index contributed by atoms with van der Waals surface area (Å²) in [5, 5.41) is 12.0. The van der Waals surface area contributed by atoms with E-state index in [2.05, 4.69) is 4.98 Å². The molecule has 0 spiro atoms. The number of rotatable bonds is 7. The van der Waals surface area contributed by atoms with Gasteiger partial charge >= 0.3 is 6.16 Å². The summed E-state index contributed by atoms with van der Waals surface area (Å²) in [7, 11) is 0. The molecule has 3 rings (SSSR count). The first-order chi connectivity index (χ1) is 14.8. The molecule has 1 aromatic carbocycles. The highest BCUT2D eigenvalue weighted by atomic mass is 16.8. The summed E-state index contributed by atoms with van der Waals surface area (Å²) in [4.78, 5) is 21.6. The van der Waals surface area contributed by atoms with Crippen LogP contribution in [0.25, 0.3) is 0 Å². The SMILES string of the molecule is CC(C)(C)OC(=O)ON1CCC(c2ccc(CCOCc3ccccc3)nc2)C(O)C1. The van der Waals surface area contributed by atoms with Crippen molar-refractivity contribution in [1.29, 1.82) is 0 Å². The largest absolute Gasteiger partial charge is 0.528 e. The summed E-state index contributed by atoms with van der Waals surface area (Å²) in [6, 6.07) is 14.1. The van der Waals surface area contributed by atoms with E-state index in [1.165, 1.54) is 5.06 Å². The molecule has 2 heterocycles. The molecule has 0 radical (unpaired) electrons. The Morgan fingerprint density at radius 2 is 1.97 bits per heavy atom. The molecular formula is C24H32N2O5. The van der Waals surface area contributed by atoms with Gasteiger partial charge in [-0.05, 0) is 44.4 Å². The predicted octanol–water partition coefficient (Wildman–Crippen LogP) is 3.86. The van der Waals surface area contributed by atoms with E-state index in [-0.39, 0.29) is 12.5 Å². The van der Waals surface area contributed by atoms with Gasteiger partial charge in [0, 0.05) is 30.8 Å². The smallest absolute Gasteiger partial charge is 0.427 e. The Morgan fingerprint density at radius 3 is 2.61 bits per heavy atom. The summed E-state index contributed by atoms with van der Waals surface area (Å²) in [5.41, 5.74) is 2.48. The number of β-amino-alcohol motifs (C(OH)–C–C–N with tert-alkyl or cyclic N) is 1. The van der Waals surface area contributed by atoms with Crippen molar-refractivity contribution in [3.8, 4) is 0 Å². The van der Waals surface area contributed by atoms with E-state index in [1.807, 2.05) is 48.7 Å². The number of benzene rings is 1. The van der Waals surface area contributed by atoms with Gasteiger partial charge in [0.25, 0.3) is 0 Å². The van der Waals surface area contributed by atoms with Crippen LogP contribution in [0.4, 0.5) is 4.79 Å². The third kappa shape index (κ3) is 7.61. The van der Waals surface area contributed by atoms with E-state index in [4.69, 9.17) is 14.3 Å². The van der Waals surface area contributed by atoms with Gasteiger partial charge in [0.05, 0.1) is 25.9 Å². The Kier molecular flexibility index (Phi) is 8.01. The second-order valence-corrected chi connectivity index (χ2v) is 8.78. The minimum absolute atomic E-state index is 0.0469. The predicted molar refractivity (Wildman–Crippen MR) is 116 cm³/mol. The van der Waals surface area contributed by atoms with Gasteiger partial charge in [-0.2, -0.15) is 0 Å². The van der Waals surface area contributed by atoms with E-state index in [0.717, 1.165) is 23.2 Å². The molecular weight excluding hydrogens is 396 g/mol. The van der Waals surface area contributed by atoms with Crippen LogP contribution in [0.2, 0.25) is 0 Å². The molecule has 31 heavy (non-hydrogen) atoms. The lowest BCUT2D eigenvalue weighted by Gasteiger charge is -2.34. The highest BCUT2D eigenvalue weighted by molar-refractivity contribution is 5.60. The number of aliphatic hydroxyl groups excluding tert-OH is 1. The number of nitrogens with zero attached hydrogens (tertiary/aromatic N) is 2. The van der Waals surface area contributed by atoms with Crippen molar-refractivity contribution in [1.82, 2.24) is 10.0 Å². The van der Waals surface area contributed by atoms with Gasteiger partial charge in [-0.25, -0.2) is 4.79 Å². The maximum absolute atomic E-state index is 11.8. The number of piperidine rings is 1. The molecule has 1 aliphatic heterocycles. The van der Waals surface area contributed by atoms with Crippen LogP contribution in [0, 0.1) is 0 Å². The minimum atomic E-state index is -0.751. The fraction of sp³-hybridized carbons (Fsp3) is 0.500. The average molecular weight is 429 g/mol. The van der Waals surface area contributed by atoms with E-state index in [9.17, 15) is 9.90 Å². The molecule has 7 nitrogen and oxygen atoms in total.